The monoisotopic (exact) mass is 417 g/mol. The molecule has 0 saturated heterocycles. The van der Waals surface area contributed by atoms with Crippen molar-refractivity contribution in [3.8, 4) is 16.3 Å². The van der Waals surface area contributed by atoms with Crippen molar-refractivity contribution in [3.05, 3.63) is 77.6 Å². The molecule has 1 atom stereocenters. The van der Waals surface area contributed by atoms with Crippen molar-refractivity contribution in [2.45, 2.75) is 19.1 Å². The third-order valence-electron chi connectivity index (χ3n) is 5.14. The number of aliphatic hydroxyl groups excluding tert-OH is 1. The summed E-state index contributed by atoms with van der Waals surface area (Å²) in [5.41, 5.74) is 4.03. The second kappa shape index (κ2) is 7.85. The van der Waals surface area contributed by atoms with Crippen LogP contribution in [0.15, 0.2) is 60.9 Å². The van der Waals surface area contributed by atoms with Crippen LogP contribution in [0.2, 0.25) is 0 Å². The Labute approximate surface area is 177 Å². The minimum absolute atomic E-state index is 0.0641. The molecule has 2 aromatic heterocycles. The first-order valence-corrected chi connectivity index (χ1v) is 10.5. The Morgan fingerprint density at radius 3 is 3.00 bits per heavy atom. The van der Waals surface area contributed by atoms with E-state index in [2.05, 4.69) is 15.3 Å². The smallest absolute Gasteiger partial charge is 0.251 e. The van der Waals surface area contributed by atoms with E-state index in [1.54, 1.807) is 18.5 Å². The normalized spacial score (nSPS) is 15.4. The molecule has 2 aromatic carbocycles. The molecule has 5 rings (SSSR count). The number of aromatic nitrogens is 2. The maximum Gasteiger partial charge on any atom is 0.251 e. The van der Waals surface area contributed by atoms with Crippen LogP contribution in [0, 0.1) is 0 Å². The Bertz CT molecular complexity index is 1240. The highest BCUT2D eigenvalue weighted by molar-refractivity contribution is 7.21. The molecule has 4 aromatic rings. The summed E-state index contributed by atoms with van der Waals surface area (Å²) in [5.74, 6) is 0.716. The zero-order chi connectivity index (χ0) is 20.5. The van der Waals surface area contributed by atoms with Crippen LogP contribution in [0.5, 0.6) is 5.75 Å². The molecule has 0 fully saturated rings. The van der Waals surface area contributed by atoms with Crippen molar-refractivity contribution in [1.29, 1.82) is 0 Å². The van der Waals surface area contributed by atoms with Crippen LogP contribution in [0.25, 0.3) is 20.8 Å². The molecule has 0 spiro atoms. The lowest BCUT2D eigenvalue weighted by atomic mass is 10.00. The molecule has 0 bridgehead atoms. The largest absolute Gasteiger partial charge is 0.493 e. The Hall–Kier alpha value is -3.29. The van der Waals surface area contributed by atoms with Crippen molar-refractivity contribution >= 4 is 27.5 Å². The van der Waals surface area contributed by atoms with E-state index in [-0.39, 0.29) is 18.6 Å². The molecule has 1 aliphatic rings. The lowest BCUT2D eigenvalue weighted by molar-refractivity contribution is 0.0925. The first-order valence-electron chi connectivity index (χ1n) is 9.69. The van der Waals surface area contributed by atoms with E-state index in [0.29, 0.717) is 12.2 Å². The molecule has 1 amide bonds. The fraction of sp³-hybridized carbons (Fsp3) is 0.174. The molecule has 30 heavy (non-hydrogen) atoms. The molecule has 0 saturated carbocycles. The van der Waals surface area contributed by atoms with E-state index in [0.717, 1.165) is 44.1 Å². The summed E-state index contributed by atoms with van der Waals surface area (Å²) in [6.45, 7) is 0.519. The number of nitrogens with one attached hydrogen (secondary N) is 1. The van der Waals surface area contributed by atoms with Crippen molar-refractivity contribution in [1.82, 2.24) is 15.3 Å². The number of pyridine rings is 1. The van der Waals surface area contributed by atoms with Gasteiger partial charge in [0.2, 0.25) is 0 Å². The molecule has 2 N–H and O–H groups in total. The number of carbonyl (C=O) groups excluding carboxylic acids is 1. The molecule has 1 aliphatic heterocycles. The van der Waals surface area contributed by atoms with Crippen LogP contribution < -0.4 is 10.1 Å². The Morgan fingerprint density at radius 2 is 2.10 bits per heavy atom. The molecular weight excluding hydrogens is 398 g/mol. The van der Waals surface area contributed by atoms with E-state index >= 15 is 0 Å². The summed E-state index contributed by atoms with van der Waals surface area (Å²) < 4.78 is 6.61. The summed E-state index contributed by atoms with van der Waals surface area (Å²) in [7, 11) is 0. The molecule has 0 unspecified atom stereocenters. The number of ether oxygens (including phenoxy) is 1. The standard InChI is InChI=1S/C23H19N3O3S/c27-13-14-9-16(12-24-11-14)23-26-19-6-5-15(10-21(19)30-23)22(28)25-18-7-8-29-20-4-2-1-3-17(18)20/h1-6,9-12,18,27H,7-8,13H2,(H,25,28)/t18-/m0/s1. The van der Waals surface area contributed by atoms with E-state index in [4.69, 9.17) is 4.74 Å². The average molecular weight is 417 g/mol. The maximum atomic E-state index is 12.9. The van der Waals surface area contributed by atoms with Crippen molar-refractivity contribution < 1.29 is 14.6 Å². The Kier molecular flexibility index (Phi) is 4.90. The van der Waals surface area contributed by atoms with Gasteiger partial charge in [0.05, 0.1) is 29.5 Å². The minimum Gasteiger partial charge on any atom is -0.493 e. The summed E-state index contributed by atoms with van der Waals surface area (Å²) in [6.07, 6.45) is 4.10. The first-order chi connectivity index (χ1) is 14.7. The number of hydrogen-bond donors (Lipinski definition) is 2. The predicted octanol–water partition coefficient (Wildman–Crippen LogP) is 4.10. The predicted molar refractivity (Wildman–Crippen MR) is 116 cm³/mol. The van der Waals surface area contributed by atoms with Crippen LogP contribution in [0.1, 0.15) is 33.9 Å². The second-order valence-electron chi connectivity index (χ2n) is 7.14. The van der Waals surface area contributed by atoms with Gasteiger partial charge in [-0.05, 0) is 35.9 Å². The van der Waals surface area contributed by atoms with E-state index in [9.17, 15) is 9.90 Å². The van der Waals surface area contributed by atoms with Crippen LogP contribution in [-0.2, 0) is 6.61 Å². The van der Waals surface area contributed by atoms with Gasteiger partial charge >= 0.3 is 0 Å². The van der Waals surface area contributed by atoms with Crippen LogP contribution in [0.3, 0.4) is 0 Å². The zero-order valence-electron chi connectivity index (χ0n) is 16.0. The number of carbonyl (C=O) groups is 1. The van der Waals surface area contributed by atoms with Gasteiger partial charge in [-0.2, -0.15) is 0 Å². The van der Waals surface area contributed by atoms with E-state index < -0.39 is 0 Å². The fourth-order valence-electron chi connectivity index (χ4n) is 3.61. The number of nitrogens with zero attached hydrogens (tertiary/aromatic N) is 2. The van der Waals surface area contributed by atoms with Gasteiger partial charge in [0.15, 0.2) is 0 Å². The summed E-state index contributed by atoms with van der Waals surface area (Å²) in [5, 5.41) is 13.3. The van der Waals surface area contributed by atoms with E-state index in [1.807, 2.05) is 42.5 Å². The fourth-order valence-corrected chi connectivity index (χ4v) is 4.60. The number of thiazole rings is 1. The van der Waals surface area contributed by atoms with Gasteiger partial charge in [-0.3, -0.25) is 9.78 Å². The quantitative estimate of drug-likeness (QED) is 0.522. The molecule has 0 aliphatic carbocycles. The molecule has 7 heteroatoms. The van der Waals surface area contributed by atoms with Crippen molar-refractivity contribution in [3.63, 3.8) is 0 Å². The lowest BCUT2D eigenvalue weighted by Gasteiger charge is -2.26. The Balaban J connectivity index is 1.41. The number of amides is 1. The van der Waals surface area contributed by atoms with Gasteiger partial charge in [0.1, 0.15) is 10.8 Å². The number of benzene rings is 2. The van der Waals surface area contributed by atoms with Gasteiger partial charge in [-0.1, -0.05) is 18.2 Å². The van der Waals surface area contributed by atoms with Gasteiger partial charge in [0.25, 0.3) is 5.91 Å². The third kappa shape index (κ3) is 3.53. The summed E-state index contributed by atoms with van der Waals surface area (Å²) >= 11 is 1.50. The molecule has 0 radical (unpaired) electrons. The lowest BCUT2D eigenvalue weighted by Crippen LogP contribution is -2.32. The number of hydrogen-bond acceptors (Lipinski definition) is 6. The Morgan fingerprint density at radius 1 is 1.20 bits per heavy atom. The highest BCUT2D eigenvalue weighted by atomic mass is 32.1. The summed E-state index contributed by atoms with van der Waals surface area (Å²) in [6, 6.07) is 15.2. The van der Waals surface area contributed by atoms with Gasteiger partial charge in [-0.25, -0.2) is 4.98 Å². The molecule has 6 nitrogen and oxygen atoms in total. The van der Waals surface area contributed by atoms with Crippen LogP contribution >= 0.6 is 11.3 Å². The highest BCUT2D eigenvalue weighted by Gasteiger charge is 2.23. The average Bonchev–Trinajstić information content (AvgIpc) is 3.23. The topological polar surface area (TPSA) is 84.3 Å². The SMILES string of the molecule is O=C(N[C@H]1CCOc2ccccc21)c1ccc2nc(-c3cncc(CO)c3)sc2c1. The van der Waals surface area contributed by atoms with Crippen LogP contribution in [-0.4, -0.2) is 27.6 Å². The molecule has 3 heterocycles. The summed E-state index contributed by atoms with van der Waals surface area (Å²) in [4.78, 5) is 21.7. The van der Waals surface area contributed by atoms with Gasteiger partial charge in [-0.15, -0.1) is 11.3 Å². The maximum absolute atomic E-state index is 12.9. The minimum atomic E-state index is -0.113. The molecule has 150 valence electrons. The van der Waals surface area contributed by atoms with Crippen molar-refractivity contribution in [2.24, 2.45) is 0 Å². The van der Waals surface area contributed by atoms with Gasteiger partial charge < -0.3 is 15.2 Å². The number of fused-ring (bicyclic) bond motifs is 2. The number of para-hydroxylation sites is 1. The zero-order valence-corrected chi connectivity index (χ0v) is 16.9. The van der Waals surface area contributed by atoms with E-state index in [1.165, 1.54) is 11.3 Å². The molecular formula is C23H19N3O3S. The van der Waals surface area contributed by atoms with Crippen molar-refractivity contribution in [2.75, 3.05) is 6.61 Å². The van der Waals surface area contributed by atoms with Crippen LogP contribution in [0.4, 0.5) is 0 Å². The highest BCUT2D eigenvalue weighted by Crippen LogP contribution is 2.33. The number of rotatable bonds is 4. The van der Waals surface area contributed by atoms with Gasteiger partial charge in [0, 0.05) is 35.5 Å². The third-order valence-corrected chi connectivity index (χ3v) is 6.21. The first kappa shape index (κ1) is 18.7. The second-order valence-corrected chi connectivity index (χ2v) is 8.17. The number of aliphatic hydroxyl groups is 1.